The van der Waals surface area contributed by atoms with Crippen LogP contribution in [-0.4, -0.2) is 11.7 Å². The van der Waals surface area contributed by atoms with E-state index in [4.69, 9.17) is 4.74 Å². The van der Waals surface area contributed by atoms with Gasteiger partial charge in [0.15, 0.2) is 0 Å². The van der Waals surface area contributed by atoms with Crippen molar-refractivity contribution in [3.8, 4) is 16.9 Å². The van der Waals surface area contributed by atoms with Crippen LogP contribution in [0.5, 0.6) is 5.75 Å². The molecule has 0 spiro atoms. The van der Waals surface area contributed by atoms with E-state index in [1.165, 1.54) is 27.8 Å². The molecule has 4 rings (SSSR count). The van der Waals surface area contributed by atoms with Crippen molar-refractivity contribution < 1.29 is 4.74 Å². The van der Waals surface area contributed by atoms with E-state index in [2.05, 4.69) is 44.2 Å². The number of nitrogens with zero attached hydrogens (tertiary/aromatic N) is 1. The summed E-state index contributed by atoms with van der Waals surface area (Å²) in [7, 11) is 1.69. The first-order valence-electron chi connectivity index (χ1n) is 10.5. The maximum Gasteiger partial charge on any atom is 0.250 e. The zero-order chi connectivity index (χ0) is 21.8. The number of hydrogen-bond donors (Lipinski definition) is 0. The molecule has 156 valence electrons. The fourth-order valence-corrected chi connectivity index (χ4v) is 4.06. The summed E-state index contributed by atoms with van der Waals surface area (Å²) in [5.74, 6) is 0.834. The second kappa shape index (κ2) is 9.05. The SMILES string of the molecule is COc1ccc(-c2cc(C)cc(C)c2)c(Cc2ccc(=O)n(Cc3ccccc3)c2)c1. The summed E-state index contributed by atoms with van der Waals surface area (Å²) in [6.07, 6.45) is 2.69. The normalized spacial score (nSPS) is 10.8. The highest BCUT2D eigenvalue weighted by Crippen LogP contribution is 2.30. The van der Waals surface area contributed by atoms with E-state index in [0.717, 1.165) is 16.9 Å². The number of benzene rings is 3. The molecule has 3 nitrogen and oxygen atoms in total. The second-order valence-electron chi connectivity index (χ2n) is 8.07. The summed E-state index contributed by atoms with van der Waals surface area (Å²) in [5, 5.41) is 0. The molecule has 0 saturated heterocycles. The van der Waals surface area contributed by atoms with Gasteiger partial charge in [0, 0.05) is 12.3 Å². The number of methoxy groups -OCH3 is 1. The molecule has 1 heterocycles. The Kier molecular flexibility index (Phi) is 6.03. The first kappa shape index (κ1) is 20.7. The predicted molar refractivity (Wildman–Crippen MR) is 127 cm³/mol. The van der Waals surface area contributed by atoms with Crippen molar-refractivity contribution in [3.05, 3.63) is 123 Å². The van der Waals surface area contributed by atoms with Crippen LogP contribution in [0.4, 0.5) is 0 Å². The van der Waals surface area contributed by atoms with Gasteiger partial charge in [0.1, 0.15) is 5.75 Å². The molecule has 0 N–H and O–H groups in total. The van der Waals surface area contributed by atoms with Gasteiger partial charge >= 0.3 is 0 Å². The zero-order valence-corrected chi connectivity index (χ0v) is 18.3. The standard InChI is InChI=1S/C28H27NO2/c1-20-13-21(2)15-24(14-20)27-11-10-26(31-3)17-25(27)16-23-9-12-28(30)29(19-23)18-22-7-5-4-6-8-22/h4-15,17,19H,16,18H2,1-3H3. The van der Waals surface area contributed by atoms with Crippen molar-refractivity contribution in [3.63, 3.8) is 0 Å². The third-order valence-electron chi connectivity index (χ3n) is 5.48. The largest absolute Gasteiger partial charge is 0.497 e. The summed E-state index contributed by atoms with van der Waals surface area (Å²) >= 11 is 0. The molecule has 0 amide bonds. The van der Waals surface area contributed by atoms with E-state index in [-0.39, 0.29) is 5.56 Å². The van der Waals surface area contributed by atoms with E-state index >= 15 is 0 Å². The van der Waals surface area contributed by atoms with Gasteiger partial charge in [-0.05, 0) is 60.2 Å². The lowest BCUT2D eigenvalue weighted by Gasteiger charge is -2.14. The van der Waals surface area contributed by atoms with Crippen LogP contribution in [0.3, 0.4) is 0 Å². The zero-order valence-electron chi connectivity index (χ0n) is 18.3. The second-order valence-corrected chi connectivity index (χ2v) is 8.07. The van der Waals surface area contributed by atoms with E-state index in [9.17, 15) is 4.79 Å². The van der Waals surface area contributed by atoms with Gasteiger partial charge < -0.3 is 9.30 Å². The van der Waals surface area contributed by atoms with Crippen LogP contribution in [-0.2, 0) is 13.0 Å². The van der Waals surface area contributed by atoms with Crippen molar-refractivity contribution in [1.29, 1.82) is 0 Å². The average Bonchev–Trinajstić information content (AvgIpc) is 2.76. The van der Waals surface area contributed by atoms with Crippen molar-refractivity contribution in [2.75, 3.05) is 7.11 Å². The fourth-order valence-electron chi connectivity index (χ4n) is 4.06. The molecule has 0 atom stereocenters. The summed E-state index contributed by atoms with van der Waals surface area (Å²) in [6.45, 7) is 4.81. The van der Waals surface area contributed by atoms with Crippen molar-refractivity contribution >= 4 is 0 Å². The Bertz CT molecular complexity index is 1240. The maximum absolute atomic E-state index is 12.4. The van der Waals surface area contributed by atoms with Crippen LogP contribution in [0.2, 0.25) is 0 Å². The van der Waals surface area contributed by atoms with Gasteiger partial charge in [-0.1, -0.05) is 71.8 Å². The Labute approximate surface area is 183 Å². The number of pyridine rings is 1. The van der Waals surface area contributed by atoms with Gasteiger partial charge in [-0.3, -0.25) is 4.79 Å². The van der Waals surface area contributed by atoms with Crippen molar-refractivity contribution in [1.82, 2.24) is 4.57 Å². The minimum atomic E-state index is 0.00720. The minimum absolute atomic E-state index is 0.00720. The molecule has 31 heavy (non-hydrogen) atoms. The van der Waals surface area contributed by atoms with Crippen molar-refractivity contribution in [2.45, 2.75) is 26.8 Å². The Morgan fingerprint density at radius 3 is 2.26 bits per heavy atom. The molecule has 0 fully saturated rings. The Morgan fingerprint density at radius 2 is 1.55 bits per heavy atom. The molecular weight excluding hydrogens is 382 g/mol. The molecule has 4 aromatic rings. The Balaban J connectivity index is 1.72. The predicted octanol–water partition coefficient (Wildman–Crippen LogP) is 5.78. The number of aromatic nitrogens is 1. The highest BCUT2D eigenvalue weighted by Gasteiger charge is 2.10. The van der Waals surface area contributed by atoms with Gasteiger partial charge in [0.05, 0.1) is 13.7 Å². The Hall–Kier alpha value is -3.59. The van der Waals surface area contributed by atoms with Crippen LogP contribution in [0.25, 0.3) is 11.1 Å². The Morgan fingerprint density at radius 1 is 0.806 bits per heavy atom. The van der Waals surface area contributed by atoms with Crippen molar-refractivity contribution in [2.24, 2.45) is 0 Å². The van der Waals surface area contributed by atoms with Crippen LogP contribution >= 0.6 is 0 Å². The molecule has 0 saturated carbocycles. The van der Waals surface area contributed by atoms with E-state index < -0.39 is 0 Å². The number of aryl methyl sites for hydroxylation is 2. The van der Waals surface area contributed by atoms with Crippen LogP contribution < -0.4 is 10.3 Å². The monoisotopic (exact) mass is 409 g/mol. The van der Waals surface area contributed by atoms with Gasteiger partial charge in [-0.2, -0.15) is 0 Å². The third kappa shape index (κ3) is 4.95. The van der Waals surface area contributed by atoms with Crippen LogP contribution in [0, 0.1) is 13.8 Å². The van der Waals surface area contributed by atoms with Crippen LogP contribution in [0.1, 0.15) is 27.8 Å². The van der Waals surface area contributed by atoms with E-state index in [0.29, 0.717) is 13.0 Å². The summed E-state index contributed by atoms with van der Waals surface area (Å²) in [4.78, 5) is 12.4. The summed E-state index contributed by atoms with van der Waals surface area (Å²) in [6, 6.07) is 26.5. The van der Waals surface area contributed by atoms with E-state index in [1.54, 1.807) is 17.7 Å². The molecule has 1 aromatic heterocycles. The first-order valence-corrected chi connectivity index (χ1v) is 10.5. The lowest BCUT2D eigenvalue weighted by Crippen LogP contribution is -2.19. The highest BCUT2D eigenvalue weighted by molar-refractivity contribution is 5.70. The van der Waals surface area contributed by atoms with Gasteiger partial charge in [-0.25, -0.2) is 0 Å². The molecule has 0 unspecified atom stereocenters. The summed E-state index contributed by atoms with van der Waals surface area (Å²) in [5.41, 5.74) is 8.26. The third-order valence-corrected chi connectivity index (χ3v) is 5.48. The average molecular weight is 410 g/mol. The van der Waals surface area contributed by atoms with Crippen LogP contribution in [0.15, 0.2) is 89.9 Å². The molecule has 3 aromatic carbocycles. The van der Waals surface area contributed by atoms with Gasteiger partial charge in [0.2, 0.25) is 0 Å². The van der Waals surface area contributed by atoms with E-state index in [1.807, 2.05) is 48.7 Å². The number of ether oxygens (including phenoxy) is 1. The molecular formula is C28H27NO2. The molecule has 0 aliphatic carbocycles. The lowest BCUT2D eigenvalue weighted by atomic mass is 9.93. The fraction of sp³-hybridized carbons (Fsp3) is 0.179. The molecule has 0 radical (unpaired) electrons. The van der Waals surface area contributed by atoms with Gasteiger partial charge in [0.25, 0.3) is 5.56 Å². The first-order chi connectivity index (χ1) is 15.0. The smallest absolute Gasteiger partial charge is 0.250 e. The quantitative estimate of drug-likeness (QED) is 0.404. The molecule has 0 aliphatic rings. The number of rotatable bonds is 6. The van der Waals surface area contributed by atoms with Gasteiger partial charge in [-0.15, -0.1) is 0 Å². The number of hydrogen-bond acceptors (Lipinski definition) is 2. The topological polar surface area (TPSA) is 31.2 Å². The molecule has 3 heteroatoms. The molecule has 0 bridgehead atoms. The highest BCUT2D eigenvalue weighted by atomic mass is 16.5. The minimum Gasteiger partial charge on any atom is -0.497 e. The maximum atomic E-state index is 12.4. The lowest BCUT2D eigenvalue weighted by molar-refractivity contribution is 0.414. The summed E-state index contributed by atoms with van der Waals surface area (Å²) < 4.78 is 7.28. The molecule has 0 aliphatic heterocycles.